The first-order chi connectivity index (χ1) is 8.83. The van der Waals surface area contributed by atoms with Crippen LogP contribution in [0.15, 0.2) is 15.6 Å². The number of rotatable bonds is 3. The third-order valence-corrected chi connectivity index (χ3v) is 4.17. The van der Waals surface area contributed by atoms with E-state index in [0.717, 1.165) is 36.2 Å². The average molecular weight is 266 g/mol. The first-order valence-electron chi connectivity index (χ1n) is 6.40. The zero-order valence-electron chi connectivity index (χ0n) is 10.3. The third kappa shape index (κ3) is 2.80. The highest BCUT2D eigenvalue weighted by Crippen LogP contribution is 2.39. The number of aliphatic imine (C=N–C) groups is 1. The predicted molar refractivity (Wildman–Crippen MR) is 72.7 cm³/mol. The molecule has 3 rings (SSSR count). The first-order valence-corrected chi connectivity index (χ1v) is 7.55. The second-order valence-electron chi connectivity index (χ2n) is 4.71. The quantitative estimate of drug-likeness (QED) is 0.662. The molecule has 2 N–H and O–H groups in total. The minimum Gasteiger partial charge on any atom is -0.443 e. The Balaban J connectivity index is 1.57. The van der Waals surface area contributed by atoms with Gasteiger partial charge in [-0.05, 0) is 12.8 Å². The Labute approximate surface area is 111 Å². The molecule has 0 bridgehead atoms. The Morgan fingerprint density at radius 1 is 1.50 bits per heavy atom. The lowest BCUT2D eigenvalue weighted by molar-refractivity contribution is 0.443. The second kappa shape index (κ2) is 5.22. The molecule has 1 aromatic rings. The van der Waals surface area contributed by atoms with Crippen LogP contribution in [0.4, 0.5) is 0 Å². The maximum atomic E-state index is 5.98. The van der Waals surface area contributed by atoms with Crippen molar-refractivity contribution in [3.8, 4) is 0 Å². The zero-order valence-corrected chi connectivity index (χ0v) is 11.2. The highest BCUT2D eigenvalue weighted by Gasteiger charge is 2.28. The minimum absolute atomic E-state index is 0.495. The SMILES string of the molecule is NC(=NCc1cnc(C2CC2)o1)N1CCSCC1. The number of aromatic nitrogens is 1. The Morgan fingerprint density at radius 2 is 2.28 bits per heavy atom. The van der Waals surface area contributed by atoms with Gasteiger partial charge in [-0.25, -0.2) is 9.98 Å². The van der Waals surface area contributed by atoms with Crippen LogP contribution >= 0.6 is 11.8 Å². The number of guanidine groups is 1. The van der Waals surface area contributed by atoms with Crippen molar-refractivity contribution in [1.82, 2.24) is 9.88 Å². The Bertz CT molecular complexity index is 435. The van der Waals surface area contributed by atoms with E-state index in [1.165, 1.54) is 12.8 Å². The largest absolute Gasteiger partial charge is 0.443 e. The van der Waals surface area contributed by atoms with Gasteiger partial charge >= 0.3 is 0 Å². The maximum Gasteiger partial charge on any atom is 0.197 e. The average Bonchev–Trinajstić information content (AvgIpc) is 3.16. The van der Waals surface area contributed by atoms with E-state index in [4.69, 9.17) is 10.2 Å². The van der Waals surface area contributed by atoms with E-state index in [1.807, 2.05) is 11.8 Å². The summed E-state index contributed by atoms with van der Waals surface area (Å²) in [5.41, 5.74) is 5.98. The maximum absolute atomic E-state index is 5.98. The fourth-order valence-electron chi connectivity index (χ4n) is 1.97. The molecule has 1 aliphatic heterocycles. The van der Waals surface area contributed by atoms with Gasteiger partial charge in [0.05, 0.1) is 6.20 Å². The van der Waals surface area contributed by atoms with Crippen molar-refractivity contribution in [2.24, 2.45) is 10.7 Å². The van der Waals surface area contributed by atoms with E-state index in [1.54, 1.807) is 6.20 Å². The van der Waals surface area contributed by atoms with Crippen molar-refractivity contribution in [2.75, 3.05) is 24.6 Å². The number of oxazole rings is 1. The van der Waals surface area contributed by atoms with Gasteiger partial charge in [0, 0.05) is 30.5 Å². The molecule has 2 heterocycles. The van der Waals surface area contributed by atoms with Gasteiger partial charge in [-0.2, -0.15) is 11.8 Å². The van der Waals surface area contributed by atoms with E-state index >= 15 is 0 Å². The van der Waals surface area contributed by atoms with Crippen molar-refractivity contribution in [3.05, 3.63) is 17.8 Å². The van der Waals surface area contributed by atoms with Gasteiger partial charge in [0.2, 0.25) is 0 Å². The number of nitrogens with two attached hydrogens (primary N) is 1. The molecule has 0 unspecified atom stereocenters. The first kappa shape index (κ1) is 11.9. The van der Waals surface area contributed by atoms with Gasteiger partial charge in [0.25, 0.3) is 0 Å². The molecule has 0 atom stereocenters. The van der Waals surface area contributed by atoms with Gasteiger partial charge in [0.15, 0.2) is 11.9 Å². The van der Waals surface area contributed by atoms with Gasteiger partial charge in [0.1, 0.15) is 12.3 Å². The summed E-state index contributed by atoms with van der Waals surface area (Å²) in [5, 5.41) is 0. The van der Waals surface area contributed by atoms with E-state index in [2.05, 4.69) is 14.9 Å². The smallest absolute Gasteiger partial charge is 0.197 e. The van der Waals surface area contributed by atoms with Crippen LogP contribution in [-0.4, -0.2) is 40.4 Å². The fraction of sp³-hybridized carbons (Fsp3) is 0.667. The molecular formula is C12H18N4OS. The van der Waals surface area contributed by atoms with Crippen molar-refractivity contribution >= 4 is 17.7 Å². The molecule has 18 heavy (non-hydrogen) atoms. The van der Waals surface area contributed by atoms with Crippen molar-refractivity contribution in [2.45, 2.75) is 25.3 Å². The molecule has 2 aliphatic rings. The zero-order chi connectivity index (χ0) is 12.4. The van der Waals surface area contributed by atoms with E-state index in [-0.39, 0.29) is 0 Å². The summed E-state index contributed by atoms with van der Waals surface area (Å²) in [6, 6.07) is 0. The topological polar surface area (TPSA) is 67.6 Å². The molecule has 98 valence electrons. The standard InChI is InChI=1S/C12H18N4OS/c13-12(16-3-5-18-6-4-16)15-8-10-7-14-11(17-10)9-1-2-9/h7,9H,1-6,8H2,(H2,13,15). The van der Waals surface area contributed by atoms with Gasteiger partial charge in [-0.3, -0.25) is 0 Å². The number of hydrogen-bond acceptors (Lipinski definition) is 4. The molecule has 1 aromatic heterocycles. The second-order valence-corrected chi connectivity index (χ2v) is 5.94. The van der Waals surface area contributed by atoms with Crippen molar-refractivity contribution in [3.63, 3.8) is 0 Å². The Hall–Kier alpha value is -1.17. The lowest BCUT2D eigenvalue weighted by atomic mass is 10.4. The summed E-state index contributed by atoms with van der Waals surface area (Å²) in [5.74, 6) is 5.12. The molecule has 5 nitrogen and oxygen atoms in total. The molecular weight excluding hydrogens is 248 g/mol. The summed E-state index contributed by atoms with van der Waals surface area (Å²) >= 11 is 1.96. The molecule has 6 heteroatoms. The van der Waals surface area contributed by atoms with Crippen molar-refractivity contribution < 1.29 is 4.42 Å². The van der Waals surface area contributed by atoms with E-state index in [0.29, 0.717) is 18.4 Å². The summed E-state index contributed by atoms with van der Waals surface area (Å²) < 4.78 is 5.65. The van der Waals surface area contributed by atoms with Crippen LogP contribution in [0.1, 0.15) is 30.4 Å². The number of nitrogens with zero attached hydrogens (tertiary/aromatic N) is 3. The lowest BCUT2D eigenvalue weighted by Crippen LogP contribution is -2.42. The molecule has 1 saturated carbocycles. The molecule has 0 spiro atoms. The van der Waals surface area contributed by atoms with Gasteiger partial charge in [-0.15, -0.1) is 0 Å². The molecule has 1 aliphatic carbocycles. The highest BCUT2D eigenvalue weighted by molar-refractivity contribution is 7.99. The molecule has 1 saturated heterocycles. The summed E-state index contributed by atoms with van der Waals surface area (Å²) in [7, 11) is 0. The Kier molecular flexibility index (Phi) is 3.45. The summed E-state index contributed by atoms with van der Waals surface area (Å²) in [6.45, 7) is 2.47. The summed E-state index contributed by atoms with van der Waals surface area (Å²) in [4.78, 5) is 10.8. The van der Waals surface area contributed by atoms with Crippen LogP contribution in [0, 0.1) is 0 Å². The van der Waals surface area contributed by atoms with Crippen LogP contribution in [-0.2, 0) is 6.54 Å². The number of hydrogen-bond donors (Lipinski definition) is 1. The van der Waals surface area contributed by atoms with Crippen molar-refractivity contribution in [1.29, 1.82) is 0 Å². The molecule has 0 radical (unpaired) electrons. The van der Waals surface area contributed by atoms with Gasteiger partial charge in [-0.1, -0.05) is 0 Å². The van der Waals surface area contributed by atoms with Crippen LogP contribution < -0.4 is 5.73 Å². The molecule has 0 amide bonds. The van der Waals surface area contributed by atoms with Crippen LogP contribution in [0.2, 0.25) is 0 Å². The predicted octanol–water partition coefficient (Wildman–Crippen LogP) is 1.42. The molecule has 0 aromatic carbocycles. The monoisotopic (exact) mass is 266 g/mol. The van der Waals surface area contributed by atoms with Gasteiger partial charge < -0.3 is 15.1 Å². The van der Waals surface area contributed by atoms with Crippen LogP contribution in [0.3, 0.4) is 0 Å². The van der Waals surface area contributed by atoms with Crippen LogP contribution in [0.5, 0.6) is 0 Å². The lowest BCUT2D eigenvalue weighted by Gasteiger charge is -2.27. The third-order valence-electron chi connectivity index (χ3n) is 3.23. The Morgan fingerprint density at radius 3 is 3.00 bits per heavy atom. The normalized spacial score (nSPS) is 21.3. The van der Waals surface area contributed by atoms with Crippen LogP contribution in [0.25, 0.3) is 0 Å². The van der Waals surface area contributed by atoms with E-state index < -0.39 is 0 Å². The highest BCUT2D eigenvalue weighted by atomic mass is 32.2. The van der Waals surface area contributed by atoms with E-state index in [9.17, 15) is 0 Å². The summed E-state index contributed by atoms with van der Waals surface area (Å²) in [6.07, 6.45) is 4.18. The minimum atomic E-state index is 0.495. The number of thioether (sulfide) groups is 1. The molecule has 2 fully saturated rings. The fourth-order valence-corrected chi connectivity index (χ4v) is 2.87.